The van der Waals surface area contributed by atoms with Crippen LogP contribution in [-0.4, -0.2) is 31.4 Å². The normalized spacial score (nSPS) is 10.0. The molecule has 0 spiro atoms. The average Bonchev–Trinajstić information content (AvgIpc) is 2.66. The monoisotopic (exact) mass is 409 g/mol. The first-order chi connectivity index (χ1) is 12.9. The maximum absolute atomic E-state index is 12.1. The minimum Gasteiger partial charge on any atom is -0.496 e. The minimum atomic E-state index is -0.581. The lowest BCUT2D eigenvalue weighted by molar-refractivity contribution is -0.121. The quantitative estimate of drug-likeness (QED) is 0.638. The number of amides is 3. The first kappa shape index (κ1) is 20.5. The van der Waals surface area contributed by atoms with E-state index in [0.29, 0.717) is 21.4 Å². The highest BCUT2D eigenvalue weighted by Gasteiger charge is 2.14. The topological polar surface area (TPSA) is 96.5 Å². The van der Waals surface area contributed by atoms with Gasteiger partial charge in [-0.3, -0.25) is 25.2 Å². The van der Waals surface area contributed by atoms with Gasteiger partial charge in [-0.05, 0) is 30.3 Å². The van der Waals surface area contributed by atoms with Crippen molar-refractivity contribution in [1.82, 2.24) is 16.2 Å². The second kappa shape index (κ2) is 9.80. The van der Waals surface area contributed by atoms with Crippen molar-refractivity contribution < 1.29 is 19.1 Å². The molecule has 0 radical (unpaired) electrons. The van der Waals surface area contributed by atoms with Crippen molar-refractivity contribution in [3.05, 3.63) is 63.6 Å². The highest BCUT2D eigenvalue weighted by molar-refractivity contribution is 6.33. The molecule has 0 atom stereocenters. The third-order valence-electron chi connectivity index (χ3n) is 3.48. The molecule has 3 amide bonds. The van der Waals surface area contributed by atoms with E-state index in [1.807, 2.05) is 0 Å². The number of nitrogens with one attached hydrogen (secondary N) is 3. The lowest BCUT2D eigenvalue weighted by atomic mass is 10.2. The molecule has 0 saturated carbocycles. The zero-order valence-electron chi connectivity index (χ0n) is 14.3. The molecule has 9 heteroatoms. The first-order valence-electron chi connectivity index (χ1n) is 7.88. The Morgan fingerprint density at radius 1 is 0.963 bits per heavy atom. The van der Waals surface area contributed by atoms with E-state index in [-0.39, 0.29) is 24.4 Å². The maximum Gasteiger partial charge on any atom is 0.273 e. The lowest BCUT2D eigenvalue weighted by Gasteiger charge is -2.11. The van der Waals surface area contributed by atoms with Gasteiger partial charge in [-0.15, -0.1) is 0 Å². The van der Waals surface area contributed by atoms with Gasteiger partial charge in [0.2, 0.25) is 5.91 Å². The SMILES string of the molecule is COc1ccc(Cl)cc1C(=O)NNC(=O)CCNC(=O)c1ccccc1Cl. The number of halogens is 2. The number of ether oxygens (including phenoxy) is 1. The maximum atomic E-state index is 12.1. The van der Waals surface area contributed by atoms with E-state index in [0.717, 1.165) is 0 Å². The van der Waals surface area contributed by atoms with E-state index in [9.17, 15) is 14.4 Å². The molecule has 142 valence electrons. The van der Waals surface area contributed by atoms with E-state index in [1.54, 1.807) is 36.4 Å². The Labute approximate surface area is 166 Å². The van der Waals surface area contributed by atoms with Gasteiger partial charge < -0.3 is 10.1 Å². The second-order valence-corrected chi connectivity index (χ2v) is 6.18. The Morgan fingerprint density at radius 2 is 1.70 bits per heavy atom. The standard InChI is InChI=1S/C18H17Cl2N3O4/c1-27-15-7-6-11(19)10-13(15)18(26)23-22-16(24)8-9-21-17(25)12-4-2-3-5-14(12)20/h2-7,10H,8-9H2,1H3,(H,21,25)(H,22,24)(H,23,26). The largest absolute Gasteiger partial charge is 0.496 e. The number of carbonyl (C=O) groups excluding carboxylic acids is 3. The zero-order valence-corrected chi connectivity index (χ0v) is 15.9. The van der Waals surface area contributed by atoms with Gasteiger partial charge in [-0.25, -0.2) is 0 Å². The fourth-order valence-electron chi connectivity index (χ4n) is 2.14. The van der Waals surface area contributed by atoms with Crippen LogP contribution in [0.15, 0.2) is 42.5 Å². The number of carbonyl (C=O) groups is 3. The molecule has 2 aromatic carbocycles. The van der Waals surface area contributed by atoms with Crippen molar-refractivity contribution in [2.24, 2.45) is 0 Å². The van der Waals surface area contributed by atoms with Crippen LogP contribution in [0.25, 0.3) is 0 Å². The Kier molecular flexibility index (Phi) is 7.45. The van der Waals surface area contributed by atoms with Crippen LogP contribution in [0.2, 0.25) is 10.0 Å². The van der Waals surface area contributed by atoms with Gasteiger partial charge in [-0.1, -0.05) is 35.3 Å². The number of benzene rings is 2. The Hall–Kier alpha value is -2.77. The fourth-order valence-corrected chi connectivity index (χ4v) is 2.54. The van der Waals surface area contributed by atoms with Crippen molar-refractivity contribution in [3.63, 3.8) is 0 Å². The molecule has 0 heterocycles. The minimum absolute atomic E-state index is 0.0385. The number of methoxy groups -OCH3 is 1. The molecule has 7 nitrogen and oxygen atoms in total. The van der Waals surface area contributed by atoms with Crippen molar-refractivity contribution >= 4 is 40.9 Å². The van der Waals surface area contributed by atoms with Crippen molar-refractivity contribution in [2.75, 3.05) is 13.7 Å². The van der Waals surface area contributed by atoms with Gasteiger partial charge in [-0.2, -0.15) is 0 Å². The first-order valence-corrected chi connectivity index (χ1v) is 8.63. The molecule has 0 fully saturated rings. The van der Waals surface area contributed by atoms with Gasteiger partial charge in [0, 0.05) is 18.0 Å². The third kappa shape index (κ3) is 5.87. The molecule has 0 saturated heterocycles. The van der Waals surface area contributed by atoms with E-state index in [2.05, 4.69) is 16.2 Å². The highest BCUT2D eigenvalue weighted by Crippen LogP contribution is 2.22. The second-order valence-electron chi connectivity index (χ2n) is 5.33. The molecular formula is C18H17Cl2N3O4. The molecule has 0 aliphatic heterocycles. The predicted octanol–water partition coefficient (Wildman–Crippen LogP) is 2.58. The van der Waals surface area contributed by atoms with E-state index in [4.69, 9.17) is 27.9 Å². The molecule has 2 aromatic rings. The van der Waals surface area contributed by atoms with E-state index in [1.165, 1.54) is 13.2 Å². The molecule has 0 aliphatic carbocycles. The number of hydrogen-bond acceptors (Lipinski definition) is 4. The van der Waals surface area contributed by atoms with Crippen LogP contribution in [0.5, 0.6) is 5.75 Å². The molecule has 27 heavy (non-hydrogen) atoms. The van der Waals surface area contributed by atoms with Gasteiger partial charge in [0.05, 0.1) is 23.3 Å². The molecule has 2 rings (SSSR count). The number of rotatable bonds is 6. The Morgan fingerprint density at radius 3 is 2.41 bits per heavy atom. The third-order valence-corrected chi connectivity index (χ3v) is 4.04. The summed E-state index contributed by atoms with van der Waals surface area (Å²) in [5.41, 5.74) is 5.03. The summed E-state index contributed by atoms with van der Waals surface area (Å²) in [7, 11) is 1.42. The molecular weight excluding hydrogens is 393 g/mol. The average molecular weight is 410 g/mol. The molecule has 0 unspecified atom stereocenters. The van der Waals surface area contributed by atoms with Crippen LogP contribution in [0.4, 0.5) is 0 Å². The van der Waals surface area contributed by atoms with Crippen molar-refractivity contribution in [3.8, 4) is 5.75 Å². The number of hydrazine groups is 1. The van der Waals surface area contributed by atoms with Crippen LogP contribution < -0.4 is 20.9 Å². The van der Waals surface area contributed by atoms with Crippen LogP contribution in [0.1, 0.15) is 27.1 Å². The predicted molar refractivity (Wildman–Crippen MR) is 102 cm³/mol. The summed E-state index contributed by atoms with van der Waals surface area (Å²) < 4.78 is 5.08. The summed E-state index contributed by atoms with van der Waals surface area (Å²) in [6, 6.07) is 11.1. The van der Waals surface area contributed by atoms with Gasteiger partial charge >= 0.3 is 0 Å². The van der Waals surface area contributed by atoms with Crippen LogP contribution in [0, 0.1) is 0 Å². The summed E-state index contributed by atoms with van der Waals surface area (Å²) in [4.78, 5) is 35.9. The van der Waals surface area contributed by atoms with Crippen LogP contribution in [0.3, 0.4) is 0 Å². The van der Waals surface area contributed by atoms with Crippen molar-refractivity contribution in [2.45, 2.75) is 6.42 Å². The summed E-state index contributed by atoms with van der Waals surface area (Å²) in [6.45, 7) is 0.0756. The van der Waals surface area contributed by atoms with Crippen molar-refractivity contribution in [1.29, 1.82) is 0 Å². The molecule has 3 N–H and O–H groups in total. The summed E-state index contributed by atoms with van der Waals surface area (Å²) in [5, 5.41) is 3.26. The fraction of sp³-hybridized carbons (Fsp3) is 0.167. The number of hydrogen-bond donors (Lipinski definition) is 3. The van der Waals surface area contributed by atoms with Gasteiger partial charge in [0.25, 0.3) is 11.8 Å². The van der Waals surface area contributed by atoms with Crippen LogP contribution in [-0.2, 0) is 4.79 Å². The van der Waals surface area contributed by atoms with Crippen LogP contribution >= 0.6 is 23.2 Å². The Bertz CT molecular complexity index is 858. The van der Waals surface area contributed by atoms with E-state index >= 15 is 0 Å². The summed E-state index contributed by atoms with van der Waals surface area (Å²) >= 11 is 11.8. The zero-order chi connectivity index (χ0) is 19.8. The van der Waals surface area contributed by atoms with E-state index < -0.39 is 11.8 Å². The Balaban J connectivity index is 1.80. The van der Waals surface area contributed by atoms with Gasteiger partial charge in [0.1, 0.15) is 5.75 Å². The molecule has 0 aliphatic rings. The highest BCUT2D eigenvalue weighted by atomic mass is 35.5. The lowest BCUT2D eigenvalue weighted by Crippen LogP contribution is -2.43. The summed E-state index contributed by atoms with van der Waals surface area (Å²) in [6.07, 6.45) is -0.0385. The molecule has 0 aromatic heterocycles. The smallest absolute Gasteiger partial charge is 0.273 e. The molecule has 0 bridgehead atoms. The summed E-state index contributed by atoms with van der Waals surface area (Å²) in [5.74, 6) is -1.13. The van der Waals surface area contributed by atoms with Gasteiger partial charge in [0.15, 0.2) is 0 Å².